The van der Waals surface area contributed by atoms with Crippen molar-refractivity contribution in [2.75, 3.05) is 31.4 Å². The van der Waals surface area contributed by atoms with Gasteiger partial charge in [-0.25, -0.2) is 4.98 Å². The number of anilines is 2. The van der Waals surface area contributed by atoms with Crippen LogP contribution in [0.2, 0.25) is 0 Å². The summed E-state index contributed by atoms with van der Waals surface area (Å²) in [6.07, 6.45) is -1.39. The van der Waals surface area contributed by atoms with E-state index < -0.39 is 6.09 Å². The number of para-hydroxylation sites is 1. The number of benzene rings is 1. The fourth-order valence-electron chi connectivity index (χ4n) is 1.76. The zero-order valence-electron chi connectivity index (χ0n) is 12.0. The molecule has 2 aromatic rings. The van der Waals surface area contributed by atoms with E-state index in [1.807, 2.05) is 19.0 Å². The molecule has 0 spiro atoms. The monoisotopic (exact) mass is 287 g/mol. The van der Waals surface area contributed by atoms with E-state index in [0.717, 1.165) is 0 Å². The van der Waals surface area contributed by atoms with Gasteiger partial charge in [-0.3, -0.25) is 0 Å². The van der Waals surface area contributed by atoms with Crippen LogP contribution in [0.1, 0.15) is 0 Å². The minimum atomic E-state index is -1.39. The highest BCUT2D eigenvalue weighted by Gasteiger charge is 2.12. The number of rotatable bonds is 4. The molecule has 1 amide bonds. The van der Waals surface area contributed by atoms with Gasteiger partial charge in [-0.15, -0.1) is 0 Å². The van der Waals surface area contributed by atoms with Crippen LogP contribution in [-0.2, 0) is 0 Å². The molecule has 1 N–H and O–H groups in total. The van der Waals surface area contributed by atoms with Gasteiger partial charge in [0, 0.05) is 25.7 Å². The Morgan fingerprint density at radius 1 is 1.29 bits per heavy atom. The highest BCUT2D eigenvalue weighted by atomic mass is 16.5. The molecule has 1 aromatic carbocycles. The van der Waals surface area contributed by atoms with Gasteiger partial charge in [-0.1, -0.05) is 12.1 Å². The Hall–Kier alpha value is -2.83. The summed E-state index contributed by atoms with van der Waals surface area (Å²) in [4.78, 5) is 21.2. The molecule has 2 rings (SSSR count). The largest absolute Gasteiger partial charge is 0.530 e. The minimum absolute atomic E-state index is 0.357. The number of hydrogen-bond donors (Lipinski definition) is 1. The van der Waals surface area contributed by atoms with Crippen molar-refractivity contribution in [3.8, 4) is 17.3 Å². The van der Waals surface area contributed by atoms with E-state index in [2.05, 4.69) is 15.3 Å². The first-order chi connectivity index (χ1) is 10.0. The summed E-state index contributed by atoms with van der Waals surface area (Å²) in [7, 11) is 5.20. The lowest BCUT2D eigenvalue weighted by Crippen LogP contribution is -2.29. The molecule has 1 aromatic heterocycles. The molecule has 21 heavy (non-hydrogen) atoms. The normalized spacial score (nSPS) is 10.0. The smallest absolute Gasteiger partial charge is 0.218 e. The lowest BCUT2D eigenvalue weighted by atomic mass is 10.1. The molecular formula is C14H15N4O3-. The average Bonchev–Trinajstić information content (AvgIpc) is 2.46. The van der Waals surface area contributed by atoms with Crippen molar-refractivity contribution in [2.45, 2.75) is 0 Å². The maximum absolute atomic E-state index is 10.8. The van der Waals surface area contributed by atoms with Gasteiger partial charge in [0.05, 0.1) is 12.8 Å². The van der Waals surface area contributed by atoms with Crippen LogP contribution in [0.5, 0.6) is 5.88 Å². The number of carboxylic acid groups (broad SMARTS) is 1. The fourth-order valence-corrected chi connectivity index (χ4v) is 1.76. The number of methoxy groups -OCH3 is 1. The molecule has 0 fully saturated rings. The Bertz CT molecular complexity index is 658. The van der Waals surface area contributed by atoms with Crippen molar-refractivity contribution in [1.29, 1.82) is 0 Å². The molecule has 0 bridgehead atoms. The number of aromatic nitrogens is 2. The molecule has 0 aliphatic carbocycles. The third-order valence-corrected chi connectivity index (χ3v) is 2.76. The van der Waals surface area contributed by atoms with Gasteiger partial charge < -0.3 is 24.9 Å². The Labute approximate surface area is 122 Å². The molecule has 0 radical (unpaired) electrons. The second-order valence-electron chi connectivity index (χ2n) is 4.44. The van der Waals surface area contributed by atoms with Crippen LogP contribution in [0.4, 0.5) is 16.3 Å². The van der Waals surface area contributed by atoms with E-state index in [0.29, 0.717) is 28.8 Å². The summed E-state index contributed by atoms with van der Waals surface area (Å²) in [5.74, 6) is 1.41. The Morgan fingerprint density at radius 3 is 2.62 bits per heavy atom. The maximum atomic E-state index is 10.8. The molecule has 1 heterocycles. The number of hydrogen-bond acceptors (Lipinski definition) is 6. The van der Waals surface area contributed by atoms with E-state index >= 15 is 0 Å². The van der Waals surface area contributed by atoms with Gasteiger partial charge in [-0.05, 0) is 12.1 Å². The first-order valence-electron chi connectivity index (χ1n) is 6.19. The molecule has 0 atom stereocenters. The van der Waals surface area contributed by atoms with Gasteiger partial charge >= 0.3 is 0 Å². The highest BCUT2D eigenvalue weighted by molar-refractivity contribution is 5.88. The molecular weight excluding hydrogens is 272 g/mol. The summed E-state index contributed by atoms with van der Waals surface area (Å²) in [6, 6.07) is 8.51. The quantitative estimate of drug-likeness (QED) is 0.901. The van der Waals surface area contributed by atoms with Crippen molar-refractivity contribution in [3.63, 3.8) is 0 Å². The summed E-state index contributed by atoms with van der Waals surface area (Å²) < 4.78 is 5.16. The lowest BCUT2D eigenvalue weighted by Gasteiger charge is -2.15. The molecule has 7 heteroatoms. The number of nitrogens with one attached hydrogen (secondary N) is 1. The van der Waals surface area contributed by atoms with Crippen LogP contribution in [0.25, 0.3) is 11.4 Å². The first kappa shape index (κ1) is 14.6. The summed E-state index contributed by atoms with van der Waals surface area (Å²) in [6.45, 7) is 0. The Kier molecular flexibility index (Phi) is 4.22. The Morgan fingerprint density at radius 2 is 2.00 bits per heavy atom. The van der Waals surface area contributed by atoms with Crippen LogP contribution in [-0.4, -0.2) is 37.3 Å². The maximum Gasteiger partial charge on any atom is 0.218 e. The summed E-state index contributed by atoms with van der Waals surface area (Å²) >= 11 is 0. The number of carbonyl (C=O) groups excluding carboxylic acids is 1. The van der Waals surface area contributed by atoms with Crippen molar-refractivity contribution in [1.82, 2.24) is 9.97 Å². The number of amides is 1. The predicted octanol–water partition coefficient (Wildman–Crippen LogP) is 0.973. The summed E-state index contributed by atoms with van der Waals surface area (Å²) in [5, 5.41) is 13.0. The van der Waals surface area contributed by atoms with Crippen molar-refractivity contribution in [3.05, 3.63) is 30.3 Å². The zero-order valence-corrected chi connectivity index (χ0v) is 12.0. The first-order valence-corrected chi connectivity index (χ1v) is 6.19. The zero-order chi connectivity index (χ0) is 15.4. The van der Waals surface area contributed by atoms with Crippen molar-refractivity contribution in [2.24, 2.45) is 0 Å². The van der Waals surface area contributed by atoms with Gasteiger partial charge in [0.15, 0.2) is 5.82 Å². The number of ether oxygens (including phenoxy) is 1. The van der Waals surface area contributed by atoms with Gasteiger partial charge in [0.1, 0.15) is 11.9 Å². The van der Waals surface area contributed by atoms with Gasteiger partial charge in [-0.2, -0.15) is 4.98 Å². The third-order valence-electron chi connectivity index (χ3n) is 2.76. The van der Waals surface area contributed by atoms with E-state index in [1.54, 1.807) is 30.3 Å². The van der Waals surface area contributed by atoms with Crippen LogP contribution in [0.15, 0.2) is 30.3 Å². The Balaban J connectivity index is 2.55. The average molecular weight is 287 g/mol. The van der Waals surface area contributed by atoms with Crippen LogP contribution < -0.4 is 20.1 Å². The van der Waals surface area contributed by atoms with Crippen LogP contribution >= 0.6 is 0 Å². The fraction of sp³-hybridized carbons (Fsp3) is 0.214. The second kappa shape index (κ2) is 6.08. The molecule has 0 saturated heterocycles. The molecule has 7 nitrogen and oxygen atoms in total. The standard InChI is InChI=1S/C14H16N4O3/c1-18(2)11-8-12(21-3)17-13(16-11)9-6-4-5-7-10(9)15-14(19)20/h4-8,15H,1-3H3,(H,19,20)/p-1. The molecule has 0 unspecified atom stereocenters. The molecule has 0 aliphatic heterocycles. The van der Waals surface area contributed by atoms with Crippen molar-refractivity contribution < 1.29 is 14.6 Å². The SMILES string of the molecule is COc1cc(N(C)C)nc(-c2ccccc2NC(=O)[O-])n1. The molecule has 0 saturated carbocycles. The van der Waals surface area contributed by atoms with Crippen LogP contribution in [0, 0.1) is 0 Å². The van der Waals surface area contributed by atoms with Crippen molar-refractivity contribution >= 4 is 17.6 Å². The van der Waals surface area contributed by atoms with Crippen LogP contribution in [0.3, 0.4) is 0 Å². The number of nitrogens with zero attached hydrogens (tertiary/aromatic N) is 3. The molecule has 0 aliphatic rings. The summed E-state index contributed by atoms with van der Waals surface area (Å²) in [5.41, 5.74) is 0.902. The van der Waals surface area contributed by atoms with E-state index in [4.69, 9.17) is 4.74 Å². The van der Waals surface area contributed by atoms with E-state index in [9.17, 15) is 9.90 Å². The lowest BCUT2D eigenvalue weighted by molar-refractivity contribution is -0.242. The minimum Gasteiger partial charge on any atom is -0.530 e. The van der Waals surface area contributed by atoms with E-state index in [-0.39, 0.29) is 0 Å². The topological polar surface area (TPSA) is 90.4 Å². The molecule has 110 valence electrons. The van der Waals surface area contributed by atoms with E-state index in [1.165, 1.54) is 7.11 Å². The third kappa shape index (κ3) is 3.38. The van der Waals surface area contributed by atoms with Gasteiger partial charge in [0.25, 0.3) is 0 Å². The number of carbonyl (C=O) groups is 1. The predicted molar refractivity (Wildman–Crippen MR) is 77.4 cm³/mol. The highest BCUT2D eigenvalue weighted by Crippen LogP contribution is 2.28. The second-order valence-corrected chi connectivity index (χ2v) is 4.44. The van der Waals surface area contributed by atoms with Gasteiger partial charge in [0.2, 0.25) is 5.88 Å².